The highest BCUT2D eigenvalue weighted by molar-refractivity contribution is 6.39. The van der Waals surface area contributed by atoms with Gasteiger partial charge in [-0.1, -0.05) is 59.6 Å². The molecule has 2 fully saturated rings. The largest absolute Gasteiger partial charge is 0.480 e. The molecule has 2 aliphatic heterocycles. The molecule has 0 saturated carbocycles. The number of halogens is 2. The summed E-state index contributed by atoms with van der Waals surface area (Å²) in [5.74, 6) is 0.644. The molecule has 0 radical (unpaired) electrons. The molecule has 2 aliphatic rings. The predicted octanol–water partition coefficient (Wildman–Crippen LogP) is 2.67. The minimum absolute atomic E-state index is 0.322. The fourth-order valence-corrected chi connectivity index (χ4v) is 6.50. The Morgan fingerprint density at radius 2 is 0.978 bits per heavy atom. The number of hydrogen-bond donors (Lipinski definition) is 4. The smallest absolute Gasteiger partial charge is 0.237 e. The van der Waals surface area contributed by atoms with Gasteiger partial charge in [0.15, 0.2) is 0 Å². The van der Waals surface area contributed by atoms with E-state index in [9.17, 15) is 20.4 Å². The molecule has 0 unspecified atom stereocenters. The number of aliphatic hydroxyl groups is 4. The number of hydrogen-bond acceptors (Lipinski definition) is 12. The van der Waals surface area contributed by atoms with Gasteiger partial charge >= 0.3 is 0 Å². The molecule has 14 heteroatoms. The molecule has 4 atom stereocenters. The molecule has 0 aliphatic carbocycles. The van der Waals surface area contributed by atoms with E-state index in [4.69, 9.17) is 32.7 Å². The van der Waals surface area contributed by atoms with Crippen LogP contribution in [0.2, 0.25) is 10.0 Å². The molecule has 2 aromatic carbocycles. The van der Waals surface area contributed by atoms with Crippen molar-refractivity contribution >= 4 is 23.2 Å². The van der Waals surface area contributed by atoms with Gasteiger partial charge in [-0.05, 0) is 0 Å². The first-order valence-corrected chi connectivity index (χ1v) is 15.5. The van der Waals surface area contributed by atoms with Gasteiger partial charge in [0, 0.05) is 61.5 Å². The van der Waals surface area contributed by atoms with E-state index in [1.54, 1.807) is 12.4 Å². The van der Waals surface area contributed by atoms with Crippen molar-refractivity contribution in [3.05, 3.63) is 70.2 Å². The predicted molar refractivity (Wildman–Crippen MR) is 172 cm³/mol. The number of nitrogens with zero attached hydrogens (tertiary/aromatic N) is 6. The van der Waals surface area contributed by atoms with Gasteiger partial charge in [0.25, 0.3) is 0 Å². The van der Waals surface area contributed by atoms with Crippen LogP contribution < -0.4 is 9.47 Å². The van der Waals surface area contributed by atoms with Crippen molar-refractivity contribution in [3.63, 3.8) is 0 Å². The third-order valence-electron chi connectivity index (χ3n) is 8.27. The summed E-state index contributed by atoms with van der Waals surface area (Å²) >= 11 is 14.0. The lowest BCUT2D eigenvalue weighted by atomic mass is 9.98. The van der Waals surface area contributed by atoms with E-state index < -0.39 is 24.4 Å². The molecule has 2 aromatic heterocycles. The molecule has 46 heavy (non-hydrogen) atoms. The molecule has 4 N–H and O–H groups in total. The van der Waals surface area contributed by atoms with E-state index in [1.165, 1.54) is 14.2 Å². The molecule has 242 valence electrons. The topological polar surface area (TPSA) is 157 Å². The van der Waals surface area contributed by atoms with Crippen LogP contribution >= 0.6 is 23.2 Å². The summed E-state index contributed by atoms with van der Waals surface area (Å²) in [6, 6.07) is 11.1. The third kappa shape index (κ3) is 6.53. The Morgan fingerprint density at radius 1 is 0.630 bits per heavy atom. The normalized spacial score (nSPS) is 22.0. The number of benzene rings is 2. The lowest BCUT2D eigenvalue weighted by Gasteiger charge is -2.17. The van der Waals surface area contributed by atoms with Gasteiger partial charge in [-0.25, -0.2) is 9.97 Å². The zero-order valence-corrected chi connectivity index (χ0v) is 26.7. The van der Waals surface area contributed by atoms with Gasteiger partial charge in [0.1, 0.15) is 11.4 Å². The third-order valence-corrected chi connectivity index (χ3v) is 9.08. The van der Waals surface area contributed by atoms with Gasteiger partial charge in [0.2, 0.25) is 11.8 Å². The molecule has 4 aromatic rings. The van der Waals surface area contributed by atoms with E-state index in [2.05, 4.69) is 19.9 Å². The Kier molecular flexibility index (Phi) is 9.69. The zero-order chi connectivity index (χ0) is 32.5. The minimum atomic E-state index is -0.801. The maximum absolute atomic E-state index is 9.90. The molecular weight excluding hydrogens is 635 g/mol. The van der Waals surface area contributed by atoms with Crippen LogP contribution in [0.1, 0.15) is 11.4 Å². The highest BCUT2D eigenvalue weighted by atomic mass is 35.5. The number of aromatic nitrogens is 4. The summed E-state index contributed by atoms with van der Waals surface area (Å²) in [6.45, 7) is 2.05. The van der Waals surface area contributed by atoms with Crippen LogP contribution in [0, 0.1) is 0 Å². The maximum atomic E-state index is 9.90. The van der Waals surface area contributed by atoms with Crippen molar-refractivity contribution in [2.75, 3.05) is 40.4 Å². The minimum Gasteiger partial charge on any atom is -0.480 e. The first-order valence-electron chi connectivity index (χ1n) is 14.7. The van der Waals surface area contributed by atoms with Crippen molar-refractivity contribution < 1.29 is 29.9 Å². The van der Waals surface area contributed by atoms with Crippen LogP contribution in [-0.2, 0) is 13.1 Å². The fourth-order valence-electron chi connectivity index (χ4n) is 5.85. The van der Waals surface area contributed by atoms with Crippen molar-refractivity contribution in [1.29, 1.82) is 0 Å². The molecule has 0 amide bonds. The average Bonchev–Trinajstić information content (AvgIpc) is 3.54. The Balaban J connectivity index is 1.28. The van der Waals surface area contributed by atoms with E-state index in [0.717, 1.165) is 0 Å². The van der Waals surface area contributed by atoms with Gasteiger partial charge in [-0.2, -0.15) is 0 Å². The number of methoxy groups -OCH3 is 2. The van der Waals surface area contributed by atoms with E-state index >= 15 is 0 Å². The second-order valence-electron chi connectivity index (χ2n) is 11.4. The zero-order valence-electron chi connectivity index (χ0n) is 25.2. The Bertz CT molecular complexity index is 1590. The van der Waals surface area contributed by atoms with Crippen LogP contribution in [0.4, 0.5) is 0 Å². The number of rotatable bonds is 9. The number of ether oxygens (including phenoxy) is 2. The molecule has 0 bridgehead atoms. The van der Waals surface area contributed by atoms with Crippen molar-refractivity contribution in [2.45, 2.75) is 37.5 Å². The molecular formula is C32H34Cl2N6O6. The summed E-state index contributed by atoms with van der Waals surface area (Å²) < 4.78 is 11.1. The van der Waals surface area contributed by atoms with E-state index in [-0.39, 0.29) is 0 Å². The summed E-state index contributed by atoms with van der Waals surface area (Å²) in [7, 11) is 3.03. The van der Waals surface area contributed by atoms with Crippen LogP contribution in [0.25, 0.3) is 33.6 Å². The van der Waals surface area contributed by atoms with Crippen molar-refractivity contribution in [1.82, 2.24) is 29.7 Å². The number of β-amino-alcohol motifs (C(OH)–C–C–N with tert-alkyl or cyclic N) is 4. The van der Waals surface area contributed by atoms with Gasteiger partial charge < -0.3 is 29.9 Å². The molecule has 0 spiro atoms. The van der Waals surface area contributed by atoms with E-state index in [1.807, 2.05) is 46.2 Å². The number of aliphatic hydroxyl groups excluding tert-OH is 4. The quantitative estimate of drug-likeness (QED) is 0.207. The van der Waals surface area contributed by atoms with Crippen LogP contribution in [0.15, 0.2) is 48.8 Å². The first-order chi connectivity index (χ1) is 22.2. The first kappa shape index (κ1) is 32.5. The summed E-state index contributed by atoms with van der Waals surface area (Å²) in [5, 5.41) is 40.5. The maximum Gasteiger partial charge on any atom is 0.237 e. The lowest BCUT2D eigenvalue weighted by molar-refractivity contribution is 0.0572. The highest BCUT2D eigenvalue weighted by Gasteiger charge is 2.31. The lowest BCUT2D eigenvalue weighted by Crippen LogP contribution is -2.22. The Labute approximate surface area is 275 Å². The second kappa shape index (κ2) is 13.7. The Morgan fingerprint density at radius 3 is 1.33 bits per heavy atom. The highest BCUT2D eigenvalue weighted by Crippen LogP contribution is 2.42. The molecule has 2 saturated heterocycles. The van der Waals surface area contributed by atoms with Gasteiger partial charge in [0.05, 0.1) is 72.5 Å². The number of likely N-dealkylation sites (tertiary alicyclic amines) is 2. The van der Waals surface area contributed by atoms with Crippen molar-refractivity contribution in [3.8, 4) is 45.4 Å². The summed E-state index contributed by atoms with van der Waals surface area (Å²) in [4.78, 5) is 22.3. The molecule has 12 nitrogen and oxygen atoms in total. The summed E-state index contributed by atoms with van der Waals surface area (Å²) in [5.41, 5.74) is 4.79. The molecule has 6 rings (SSSR count). The Hall–Kier alpha value is -3.46. The second-order valence-corrected chi connectivity index (χ2v) is 12.2. The molecule has 4 heterocycles. The standard InChI is InChI=1S/C32H34Cl2N6O6/c1-45-31-23(11-39-13-25(41)26(42)14-39)35-9-21(37-31)19-7-3-5-17(29(19)33)18-6-4-8-20(30(18)34)22-10-36-24(32(38-22)46-2)12-40-15-27(43)28(44)16-40/h3-10,25-28,41-44H,11-16H2,1-2H3/t25-,26+,27-,28+. The van der Waals surface area contributed by atoms with E-state index in [0.29, 0.717) is 106 Å². The van der Waals surface area contributed by atoms with Crippen LogP contribution in [-0.4, -0.2) is 115 Å². The van der Waals surface area contributed by atoms with Crippen molar-refractivity contribution in [2.24, 2.45) is 0 Å². The summed E-state index contributed by atoms with van der Waals surface area (Å²) in [6.07, 6.45) is 0.0399. The van der Waals surface area contributed by atoms with Gasteiger partial charge in [-0.15, -0.1) is 0 Å². The van der Waals surface area contributed by atoms with Crippen LogP contribution in [0.3, 0.4) is 0 Å². The fraction of sp³-hybridized carbons (Fsp3) is 0.375. The van der Waals surface area contributed by atoms with Gasteiger partial charge in [-0.3, -0.25) is 19.8 Å². The monoisotopic (exact) mass is 668 g/mol. The SMILES string of the molecule is COc1nc(-c2cccc(-c3cccc(-c4cnc(CN5C[C@@H](O)[C@@H](O)C5)c(OC)n4)c3Cl)c2Cl)cnc1CN1C[C@@H](O)[C@@H](O)C1. The van der Waals surface area contributed by atoms with Crippen LogP contribution in [0.5, 0.6) is 11.8 Å². The average molecular weight is 670 g/mol.